The number of rotatable bonds is 5. The minimum absolute atomic E-state index is 0.0540. The zero-order valence-electron chi connectivity index (χ0n) is 13.9. The molecule has 3 heteroatoms. The second-order valence-electron chi connectivity index (χ2n) is 7.05. The largest absolute Gasteiger partial charge is 0.481 e. The van der Waals surface area contributed by atoms with Gasteiger partial charge in [-0.3, -0.25) is 4.79 Å². The topological polar surface area (TPSA) is 38.3 Å². The highest BCUT2D eigenvalue weighted by atomic mass is 16.5. The number of aryl methyl sites for hydroxylation is 2. The van der Waals surface area contributed by atoms with Gasteiger partial charge in [-0.05, 0) is 74.6 Å². The van der Waals surface area contributed by atoms with Crippen LogP contribution in [0.2, 0.25) is 0 Å². The molecule has 22 heavy (non-hydrogen) atoms. The third-order valence-electron chi connectivity index (χ3n) is 5.49. The van der Waals surface area contributed by atoms with Crippen molar-refractivity contribution < 1.29 is 9.53 Å². The molecule has 3 nitrogen and oxygen atoms in total. The molecule has 0 heterocycles. The minimum atomic E-state index is -0.388. The molecular weight excluding hydrogens is 274 g/mol. The maximum atomic E-state index is 12.5. The number of carbonyl (C=O) groups excluding carboxylic acids is 1. The summed E-state index contributed by atoms with van der Waals surface area (Å²) in [6.07, 6.45) is 5.41. The van der Waals surface area contributed by atoms with Crippen LogP contribution in [0.25, 0.3) is 0 Å². The lowest BCUT2D eigenvalue weighted by Crippen LogP contribution is -2.45. The molecule has 1 amide bonds. The number of nitrogens with one attached hydrogen (secondary N) is 1. The van der Waals surface area contributed by atoms with Crippen LogP contribution in [0, 0.1) is 25.7 Å². The van der Waals surface area contributed by atoms with Crippen molar-refractivity contribution >= 4 is 5.91 Å². The van der Waals surface area contributed by atoms with E-state index < -0.39 is 0 Å². The first kappa shape index (κ1) is 15.4. The number of fused-ring (bicyclic) bond motifs is 2. The molecule has 2 bridgehead atoms. The highest BCUT2D eigenvalue weighted by Crippen LogP contribution is 2.44. The Kier molecular flexibility index (Phi) is 4.42. The fourth-order valence-corrected chi connectivity index (χ4v) is 3.97. The van der Waals surface area contributed by atoms with Gasteiger partial charge in [0, 0.05) is 6.04 Å². The Labute approximate surface area is 133 Å². The number of benzene rings is 1. The second kappa shape index (κ2) is 6.31. The number of amides is 1. The molecule has 4 atom stereocenters. The molecule has 0 radical (unpaired) electrons. The molecule has 0 unspecified atom stereocenters. The van der Waals surface area contributed by atoms with Crippen molar-refractivity contribution in [1.82, 2.24) is 5.32 Å². The van der Waals surface area contributed by atoms with E-state index in [9.17, 15) is 4.79 Å². The van der Waals surface area contributed by atoms with Crippen LogP contribution in [-0.4, -0.2) is 18.1 Å². The first-order valence-electron chi connectivity index (χ1n) is 8.61. The van der Waals surface area contributed by atoms with Crippen molar-refractivity contribution in [3.8, 4) is 5.75 Å². The van der Waals surface area contributed by atoms with Gasteiger partial charge in [0.2, 0.25) is 0 Å². The van der Waals surface area contributed by atoms with E-state index in [4.69, 9.17) is 4.74 Å². The van der Waals surface area contributed by atoms with Crippen molar-refractivity contribution in [2.75, 3.05) is 0 Å². The molecule has 1 aromatic carbocycles. The fourth-order valence-electron chi connectivity index (χ4n) is 3.97. The average molecular weight is 301 g/mol. The molecule has 2 saturated carbocycles. The zero-order chi connectivity index (χ0) is 15.7. The Morgan fingerprint density at radius 2 is 2.09 bits per heavy atom. The summed E-state index contributed by atoms with van der Waals surface area (Å²) >= 11 is 0. The maximum absolute atomic E-state index is 12.5. The molecule has 1 aromatic rings. The van der Waals surface area contributed by atoms with Gasteiger partial charge in [0.15, 0.2) is 6.10 Å². The van der Waals surface area contributed by atoms with Gasteiger partial charge in [-0.2, -0.15) is 0 Å². The van der Waals surface area contributed by atoms with Crippen LogP contribution in [0.4, 0.5) is 0 Å². The normalized spacial score (nSPS) is 27.7. The average Bonchev–Trinajstić information content (AvgIpc) is 3.10. The highest BCUT2D eigenvalue weighted by Gasteiger charge is 2.40. The number of carbonyl (C=O) groups is 1. The van der Waals surface area contributed by atoms with E-state index in [1.165, 1.54) is 30.4 Å². The third-order valence-corrected chi connectivity index (χ3v) is 5.49. The van der Waals surface area contributed by atoms with Crippen LogP contribution in [0.15, 0.2) is 18.2 Å². The predicted octanol–water partition coefficient (Wildman–Crippen LogP) is 3.77. The van der Waals surface area contributed by atoms with E-state index in [0.717, 1.165) is 18.1 Å². The molecule has 1 N–H and O–H groups in total. The van der Waals surface area contributed by atoms with Gasteiger partial charge >= 0.3 is 0 Å². The van der Waals surface area contributed by atoms with Gasteiger partial charge in [-0.25, -0.2) is 0 Å². The summed E-state index contributed by atoms with van der Waals surface area (Å²) in [6.45, 7) is 6.16. The number of hydrogen-bond acceptors (Lipinski definition) is 2. The molecule has 2 aliphatic rings. The molecule has 0 saturated heterocycles. The summed E-state index contributed by atoms with van der Waals surface area (Å²) in [4.78, 5) is 12.5. The van der Waals surface area contributed by atoms with E-state index >= 15 is 0 Å². The first-order chi connectivity index (χ1) is 10.6. The van der Waals surface area contributed by atoms with E-state index in [-0.39, 0.29) is 12.0 Å². The van der Waals surface area contributed by atoms with E-state index in [2.05, 4.69) is 19.2 Å². The van der Waals surface area contributed by atoms with E-state index in [0.29, 0.717) is 18.4 Å². The van der Waals surface area contributed by atoms with Gasteiger partial charge < -0.3 is 10.1 Å². The molecular formula is C19H27NO2. The Balaban J connectivity index is 1.60. The lowest BCUT2D eigenvalue weighted by Gasteiger charge is -2.25. The van der Waals surface area contributed by atoms with Gasteiger partial charge in [0.25, 0.3) is 5.91 Å². The van der Waals surface area contributed by atoms with Gasteiger partial charge in [-0.1, -0.05) is 19.4 Å². The second-order valence-corrected chi connectivity index (χ2v) is 7.05. The lowest BCUT2D eigenvalue weighted by atomic mass is 9.95. The summed E-state index contributed by atoms with van der Waals surface area (Å²) in [6, 6.07) is 6.40. The molecule has 3 rings (SSSR count). The van der Waals surface area contributed by atoms with Crippen LogP contribution >= 0.6 is 0 Å². The Morgan fingerprint density at radius 1 is 1.27 bits per heavy atom. The number of hydrogen-bond donors (Lipinski definition) is 1. The maximum Gasteiger partial charge on any atom is 0.261 e. The van der Waals surface area contributed by atoms with Gasteiger partial charge in [0.05, 0.1) is 0 Å². The van der Waals surface area contributed by atoms with Gasteiger partial charge in [-0.15, -0.1) is 0 Å². The molecule has 0 aromatic heterocycles. The van der Waals surface area contributed by atoms with Crippen molar-refractivity contribution in [3.63, 3.8) is 0 Å². The predicted molar refractivity (Wildman–Crippen MR) is 88.0 cm³/mol. The molecule has 120 valence electrons. The third kappa shape index (κ3) is 3.13. The van der Waals surface area contributed by atoms with Crippen molar-refractivity contribution in [3.05, 3.63) is 29.3 Å². The zero-order valence-corrected chi connectivity index (χ0v) is 13.9. The Hall–Kier alpha value is -1.51. The lowest BCUT2D eigenvalue weighted by molar-refractivity contribution is -0.129. The summed E-state index contributed by atoms with van der Waals surface area (Å²) < 4.78 is 5.94. The van der Waals surface area contributed by atoms with E-state index in [1.54, 1.807) is 0 Å². The summed E-state index contributed by atoms with van der Waals surface area (Å²) in [7, 11) is 0. The highest BCUT2D eigenvalue weighted by molar-refractivity contribution is 5.81. The smallest absolute Gasteiger partial charge is 0.261 e. The number of ether oxygens (including phenoxy) is 1. The molecule has 0 aliphatic heterocycles. The quantitative estimate of drug-likeness (QED) is 0.899. The van der Waals surface area contributed by atoms with Crippen molar-refractivity contribution in [2.24, 2.45) is 11.8 Å². The Bertz CT molecular complexity index is 554. The van der Waals surface area contributed by atoms with Crippen LogP contribution in [-0.2, 0) is 4.79 Å². The summed E-state index contributed by atoms with van der Waals surface area (Å²) in [5.41, 5.74) is 2.44. The monoisotopic (exact) mass is 301 g/mol. The SMILES string of the molecule is CC[C@@H](Oc1ccc(C)c(C)c1)C(=O)N[C@@H]1C[C@@H]2CC[C@@H]1C2. The van der Waals surface area contributed by atoms with E-state index in [1.807, 2.05) is 25.1 Å². The molecule has 2 fully saturated rings. The fraction of sp³-hybridized carbons (Fsp3) is 0.632. The Morgan fingerprint density at radius 3 is 2.68 bits per heavy atom. The summed E-state index contributed by atoms with van der Waals surface area (Å²) in [5, 5.41) is 3.24. The minimum Gasteiger partial charge on any atom is -0.481 e. The summed E-state index contributed by atoms with van der Waals surface area (Å²) in [5.74, 6) is 2.39. The van der Waals surface area contributed by atoms with Crippen LogP contribution < -0.4 is 10.1 Å². The van der Waals surface area contributed by atoms with Gasteiger partial charge in [0.1, 0.15) is 5.75 Å². The van der Waals surface area contributed by atoms with Crippen LogP contribution in [0.1, 0.15) is 50.2 Å². The van der Waals surface area contributed by atoms with Crippen LogP contribution in [0.5, 0.6) is 5.75 Å². The molecule has 2 aliphatic carbocycles. The first-order valence-corrected chi connectivity index (χ1v) is 8.61. The molecule has 0 spiro atoms. The van der Waals surface area contributed by atoms with Crippen molar-refractivity contribution in [2.45, 2.75) is 65.0 Å². The van der Waals surface area contributed by atoms with Crippen molar-refractivity contribution in [1.29, 1.82) is 0 Å². The van der Waals surface area contributed by atoms with Crippen LogP contribution in [0.3, 0.4) is 0 Å². The standard InChI is InChI=1S/C19H27NO2/c1-4-18(22-16-8-5-12(2)13(3)9-16)19(21)20-17-11-14-6-7-15(17)10-14/h5,8-9,14-15,17-18H,4,6-7,10-11H2,1-3H3,(H,20,21)/t14-,15-,17-,18-/m1/s1.